The van der Waals surface area contributed by atoms with Crippen LogP contribution in [-0.4, -0.2) is 23.4 Å². The quantitative estimate of drug-likeness (QED) is 0.462. The van der Waals surface area contributed by atoms with E-state index in [1.165, 1.54) is 0 Å². The van der Waals surface area contributed by atoms with Gasteiger partial charge in [-0.2, -0.15) is 0 Å². The minimum atomic E-state index is -0.986. The molecule has 3 N–H and O–H groups in total. The van der Waals surface area contributed by atoms with Gasteiger partial charge in [-0.05, 0) is 13.8 Å². The number of aliphatic hydroxyl groups is 1. The van der Waals surface area contributed by atoms with E-state index >= 15 is 0 Å². The maximum absolute atomic E-state index is 8.86. The number of ether oxygens (including phenoxy) is 2. The van der Waals surface area contributed by atoms with E-state index in [1.54, 1.807) is 13.8 Å². The molecule has 1 heterocycles. The smallest absolute Gasteiger partial charge is 0.197 e. The molecular weight excluding hydrogens is 122 g/mol. The largest absolute Gasteiger partial charge is 0.365 e. The maximum atomic E-state index is 8.86. The second-order valence-electron chi connectivity index (χ2n) is 2.49. The molecule has 0 amide bonds. The van der Waals surface area contributed by atoms with Crippen LogP contribution in [0.3, 0.4) is 0 Å². The summed E-state index contributed by atoms with van der Waals surface area (Å²) < 4.78 is 9.84. The summed E-state index contributed by atoms with van der Waals surface area (Å²) in [4.78, 5) is 0. The molecule has 9 heavy (non-hydrogen) atoms. The van der Waals surface area contributed by atoms with Crippen molar-refractivity contribution in [1.82, 2.24) is 0 Å². The molecule has 0 spiro atoms. The van der Waals surface area contributed by atoms with Crippen molar-refractivity contribution in [3.8, 4) is 0 Å². The fourth-order valence-corrected chi connectivity index (χ4v) is 0.772. The molecule has 1 fully saturated rings. The first-order valence-corrected chi connectivity index (χ1v) is 2.80. The molecule has 0 aromatic heterocycles. The molecule has 0 bridgehead atoms. The van der Waals surface area contributed by atoms with Crippen LogP contribution in [0.2, 0.25) is 0 Å². The lowest BCUT2D eigenvalue weighted by Gasteiger charge is -2.14. The molecule has 0 unspecified atom stereocenters. The average Bonchev–Trinajstić information content (AvgIpc) is 1.79. The molecule has 4 nitrogen and oxygen atoms in total. The van der Waals surface area contributed by atoms with Crippen molar-refractivity contribution < 1.29 is 14.6 Å². The molecular formula is C5H11NO3. The van der Waals surface area contributed by atoms with E-state index in [2.05, 4.69) is 0 Å². The topological polar surface area (TPSA) is 64.7 Å². The fourth-order valence-electron chi connectivity index (χ4n) is 0.772. The zero-order valence-electron chi connectivity index (χ0n) is 5.50. The highest BCUT2D eigenvalue weighted by Gasteiger charge is 2.37. The van der Waals surface area contributed by atoms with Crippen molar-refractivity contribution in [1.29, 1.82) is 0 Å². The highest BCUT2D eigenvalue weighted by molar-refractivity contribution is 4.68. The van der Waals surface area contributed by atoms with Gasteiger partial charge in [0.2, 0.25) is 0 Å². The number of nitrogens with two attached hydrogens (primary N) is 1. The van der Waals surface area contributed by atoms with Crippen LogP contribution in [0.15, 0.2) is 0 Å². The highest BCUT2D eigenvalue weighted by atomic mass is 16.8. The molecule has 1 aliphatic rings. The van der Waals surface area contributed by atoms with Gasteiger partial charge in [0.15, 0.2) is 18.3 Å². The van der Waals surface area contributed by atoms with Gasteiger partial charge in [0.05, 0.1) is 0 Å². The molecule has 4 heteroatoms. The third-order valence-corrected chi connectivity index (χ3v) is 1.11. The summed E-state index contributed by atoms with van der Waals surface area (Å²) >= 11 is 0. The third-order valence-electron chi connectivity index (χ3n) is 1.11. The van der Waals surface area contributed by atoms with E-state index in [0.717, 1.165) is 0 Å². The van der Waals surface area contributed by atoms with Crippen LogP contribution in [0.5, 0.6) is 0 Å². The van der Waals surface area contributed by atoms with E-state index in [1.807, 2.05) is 0 Å². The highest BCUT2D eigenvalue weighted by Crippen LogP contribution is 2.23. The summed E-state index contributed by atoms with van der Waals surface area (Å²) in [5.74, 6) is -0.737. The molecule has 0 saturated carbocycles. The first kappa shape index (κ1) is 6.95. The Morgan fingerprint density at radius 1 is 1.44 bits per heavy atom. The van der Waals surface area contributed by atoms with Crippen molar-refractivity contribution in [3.05, 3.63) is 0 Å². The molecule has 0 radical (unpaired) electrons. The zero-order chi connectivity index (χ0) is 7.07. The molecule has 0 aromatic carbocycles. The Bertz CT molecular complexity index is 103. The van der Waals surface area contributed by atoms with Crippen LogP contribution >= 0.6 is 0 Å². The number of hydrogen-bond acceptors (Lipinski definition) is 4. The van der Waals surface area contributed by atoms with E-state index < -0.39 is 18.3 Å². The summed E-state index contributed by atoms with van der Waals surface area (Å²) in [6, 6.07) is 0. The predicted octanol–water partition coefficient (Wildman–Crippen LogP) is -0.628. The molecule has 0 aliphatic carbocycles. The molecule has 1 aliphatic heterocycles. The minimum Gasteiger partial charge on any atom is -0.365 e. The molecule has 54 valence electrons. The Balaban J connectivity index is 2.54. The summed E-state index contributed by atoms with van der Waals surface area (Å²) in [5, 5.41) is 8.86. The van der Waals surface area contributed by atoms with Crippen LogP contribution in [0, 0.1) is 0 Å². The Morgan fingerprint density at radius 3 is 2.11 bits per heavy atom. The lowest BCUT2D eigenvalue weighted by molar-refractivity contribution is -0.174. The second kappa shape index (κ2) is 1.91. The second-order valence-corrected chi connectivity index (χ2v) is 2.49. The lowest BCUT2D eigenvalue weighted by Crippen LogP contribution is -2.31. The van der Waals surface area contributed by atoms with Crippen molar-refractivity contribution in [2.45, 2.75) is 32.2 Å². The number of hydrogen-bond donors (Lipinski definition) is 2. The first-order chi connectivity index (χ1) is 4.01. The van der Waals surface area contributed by atoms with Gasteiger partial charge in [-0.15, -0.1) is 0 Å². The van der Waals surface area contributed by atoms with Crippen molar-refractivity contribution in [2.24, 2.45) is 5.73 Å². The van der Waals surface area contributed by atoms with Crippen LogP contribution in [-0.2, 0) is 9.47 Å². The van der Waals surface area contributed by atoms with Crippen LogP contribution in [0.1, 0.15) is 13.8 Å². The van der Waals surface area contributed by atoms with Gasteiger partial charge < -0.3 is 20.3 Å². The fraction of sp³-hybridized carbons (Fsp3) is 1.00. The Morgan fingerprint density at radius 2 is 2.00 bits per heavy atom. The van der Waals surface area contributed by atoms with Crippen LogP contribution in [0.4, 0.5) is 0 Å². The van der Waals surface area contributed by atoms with Crippen molar-refractivity contribution in [3.63, 3.8) is 0 Å². The lowest BCUT2D eigenvalue weighted by atomic mass is 10.4. The minimum absolute atomic E-state index is 0.708. The summed E-state index contributed by atoms with van der Waals surface area (Å²) in [7, 11) is 0. The van der Waals surface area contributed by atoms with Gasteiger partial charge in [-0.3, -0.25) is 0 Å². The molecule has 1 saturated heterocycles. The summed E-state index contributed by atoms with van der Waals surface area (Å²) in [6.07, 6.45) is -1.69. The maximum Gasteiger partial charge on any atom is 0.197 e. The average molecular weight is 133 g/mol. The molecule has 2 atom stereocenters. The SMILES string of the molecule is CC1(C)O[C@H](N)[C@@H](O)O1. The van der Waals surface area contributed by atoms with Crippen LogP contribution in [0.25, 0.3) is 0 Å². The van der Waals surface area contributed by atoms with Crippen molar-refractivity contribution in [2.75, 3.05) is 0 Å². The zero-order valence-corrected chi connectivity index (χ0v) is 5.50. The van der Waals surface area contributed by atoms with Gasteiger partial charge in [-0.1, -0.05) is 0 Å². The Kier molecular flexibility index (Phi) is 1.48. The number of rotatable bonds is 0. The number of aliphatic hydroxyl groups excluding tert-OH is 1. The predicted molar refractivity (Wildman–Crippen MR) is 30.2 cm³/mol. The van der Waals surface area contributed by atoms with E-state index in [9.17, 15) is 0 Å². The third kappa shape index (κ3) is 1.40. The van der Waals surface area contributed by atoms with E-state index in [-0.39, 0.29) is 0 Å². The van der Waals surface area contributed by atoms with Gasteiger partial charge in [0, 0.05) is 0 Å². The Labute approximate surface area is 53.6 Å². The first-order valence-electron chi connectivity index (χ1n) is 2.80. The van der Waals surface area contributed by atoms with Crippen molar-refractivity contribution >= 4 is 0 Å². The van der Waals surface area contributed by atoms with E-state index in [0.29, 0.717) is 0 Å². The van der Waals surface area contributed by atoms with Gasteiger partial charge in [0.1, 0.15) is 0 Å². The normalized spacial score (nSPS) is 41.3. The standard InChI is InChI=1S/C5H11NO3/c1-5(2)8-3(6)4(7)9-5/h3-4,7H,6H2,1-2H3/t3-,4-/m0/s1. The summed E-state index contributed by atoms with van der Waals surface area (Å²) in [6.45, 7) is 3.40. The van der Waals surface area contributed by atoms with E-state index in [4.69, 9.17) is 20.3 Å². The van der Waals surface area contributed by atoms with Gasteiger partial charge in [-0.25, -0.2) is 0 Å². The molecule has 1 rings (SSSR count). The Hall–Kier alpha value is -0.160. The van der Waals surface area contributed by atoms with Gasteiger partial charge in [0.25, 0.3) is 0 Å². The molecule has 0 aromatic rings. The summed E-state index contributed by atoms with van der Waals surface area (Å²) in [5.41, 5.74) is 5.26. The van der Waals surface area contributed by atoms with Crippen LogP contribution < -0.4 is 5.73 Å². The van der Waals surface area contributed by atoms with Gasteiger partial charge >= 0.3 is 0 Å². The monoisotopic (exact) mass is 133 g/mol.